The normalized spacial score (nSPS) is 13.2. The van der Waals surface area contributed by atoms with Crippen molar-refractivity contribution in [3.63, 3.8) is 0 Å². The molecule has 1 aromatic rings. The molecule has 8 heteroatoms. The Kier molecular flexibility index (Phi) is 7.70. The number of amides is 1. The van der Waals surface area contributed by atoms with Crippen LogP contribution in [0.5, 0.6) is 0 Å². The molecule has 1 aromatic heterocycles. The highest BCUT2D eigenvalue weighted by Gasteiger charge is 2.24. The number of aliphatic carboxylic acids is 1. The van der Waals surface area contributed by atoms with E-state index in [1.54, 1.807) is 13.8 Å². The highest BCUT2D eigenvalue weighted by Crippen LogP contribution is 2.20. The molecule has 1 amide bonds. The summed E-state index contributed by atoms with van der Waals surface area (Å²) in [6, 6.07) is 1.92. The van der Waals surface area contributed by atoms with Gasteiger partial charge in [0.15, 0.2) is 0 Å². The number of nitrogens with one attached hydrogen (secondary N) is 1. The predicted molar refractivity (Wildman–Crippen MR) is 88.8 cm³/mol. The second-order valence-corrected chi connectivity index (χ2v) is 6.77. The Balaban J connectivity index is 2.56. The third-order valence-corrected chi connectivity index (χ3v) is 4.34. The van der Waals surface area contributed by atoms with Crippen LogP contribution in [-0.4, -0.2) is 36.0 Å². The van der Waals surface area contributed by atoms with Crippen LogP contribution in [0.25, 0.3) is 0 Å². The maximum absolute atomic E-state index is 11.8. The van der Waals surface area contributed by atoms with E-state index in [2.05, 4.69) is 5.32 Å². The Bertz CT molecular complexity index is 583. The van der Waals surface area contributed by atoms with Crippen LogP contribution in [0.4, 0.5) is 4.79 Å². The number of carbonyl (C=O) groups is 3. The molecule has 0 spiro atoms. The second kappa shape index (κ2) is 9.27. The number of hydrogen-bond acceptors (Lipinski definition) is 6. The molecule has 0 bridgehead atoms. The van der Waals surface area contributed by atoms with Gasteiger partial charge in [-0.3, -0.25) is 9.59 Å². The van der Waals surface area contributed by atoms with Gasteiger partial charge in [0, 0.05) is 24.3 Å². The summed E-state index contributed by atoms with van der Waals surface area (Å²) in [5.74, 6) is -2.54. The lowest BCUT2D eigenvalue weighted by atomic mass is 10.0. The van der Waals surface area contributed by atoms with Gasteiger partial charge in [0.25, 0.3) is 6.29 Å². The number of ether oxygens (including phenoxy) is 2. The van der Waals surface area contributed by atoms with E-state index in [4.69, 9.17) is 9.47 Å². The number of thiophene rings is 1. The number of alkyl carbamates (subject to hydrolysis) is 1. The zero-order chi connectivity index (χ0) is 18.3. The van der Waals surface area contributed by atoms with Crippen LogP contribution in [0.1, 0.15) is 31.2 Å². The third kappa shape index (κ3) is 6.57. The molecule has 24 heavy (non-hydrogen) atoms. The molecule has 0 saturated heterocycles. The lowest BCUT2D eigenvalue weighted by Gasteiger charge is -2.21. The third-order valence-electron chi connectivity index (χ3n) is 3.29. The van der Waals surface area contributed by atoms with Crippen molar-refractivity contribution in [1.82, 2.24) is 5.32 Å². The van der Waals surface area contributed by atoms with E-state index in [1.807, 2.05) is 18.4 Å². The summed E-state index contributed by atoms with van der Waals surface area (Å²) >= 11 is 1.49. The van der Waals surface area contributed by atoms with Crippen molar-refractivity contribution in [2.45, 2.75) is 40.4 Å². The standard InChI is InChI=1S/C16H23NO6S/c1-9(2)15(22-11(4)18)23-16(21)17-8-12(14(19)20)7-13-10(3)5-6-24-13/h5-6,9,12,15H,7-8H2,1-4H3,(H,17,21)(H,19,20)/t12-,15-/m0/s1. The first-order valence-electron chi connectivity index (χ1n) is 7.58. The van der Waals surface area contributed by atoms with Crippen LogP contribution in [0.3, 0.4) is 0 Å². The molecule has 134 valence electrons. The van der Waals surface area contributed by atoms with Crippen LogP contribution in [0.15, 0.2) is 11.4 Å². The van der Waals surface area contributed by atoms with Crippen LogP contribution >= 0.6 is 11.3 Å². The molecule has 1 rings (SSSR count). The van der Waals surface area contributed by atoms with Crippen molar-refractivity contribution in [1.29, 1.82) is 0 Å². The molecule has 7 nitrogen and oxygen atoms in total. The van der Waals surface area contributed by atoms with Crippen LogP contribution in [0.2, 0.25) is 0 Å². The van der Waals surface area contributed by atoms with Crippen molar-refractivity contribution in [3.05, 3.63) is 21.9 Å². The molecule has 0 saturated carbocycles. The van der Waals surface area contributed by atoms with Gasteiger partial charge in [-0.15, -0.1) is 11.3 Å². The molecule has 0 aliphatic heterocycles. The van der Waals surface area contributed by atoms with E-state index in [1.165, 1.54) is 18.3 Å². The van der Waals surface area contributed by atoms with E-state index in [0.717, 1.165) is 10.4 Å². The molecule has 0 aromatic carbocycles. The van der Waals surface area contributed by atoms with Gasteiger partial charge in [0.1, 0.15) is 0 Å². The molecule has 0 radical (unpaired) electrons. The second-order valence-electron chi connectivity index (χ2n) is 5.77. The van der Waals surface area contributed by atoms with Gasteiger partial charge in [-0.2, -0.15) is 0 Å². The molecule has 0 aliphatic rings. The van der Waals surface area contributed by atoms with Gasteiger partial charge in [0.2, 0.25) is 0 Å². The average molecular weight is 357 g/mol. The fourth-order valence-electron chi connectivity index (χ4n) is 1.90. The summed E-state index contributed by atoms with van der Waals surface area (Å²) in [5, 5.41) is 13.6. The highest BCUT2D eigenvalue weighted by atomic mass is 32.1. The van der Waals surface area contributed by atoms with Crippen molar-refractivity contribution >= 4 is 29.4 Å². The molecular weight excluding hydrogens is 334 g/mol. The average Bonchev–Trinajstić information content (AvgIpc) is 2.87. The maximum atomic E-state index is 11.8. The summed E-state index contributed by atoms with van der Waals surface area (Å²) < 4.78 is 9.93. The first-order valence-corrected chi connectivity index (χ1v) is 8.46. The predicted octanol–water partition coefficient (Wildman–Crippen LogP) is 2.57. The summed E-state index contributed by atoms with van der Waals surface area (Å²) in [6.07, 6.45) is -1.49. The lowest BCUT2D eigenvalue weighted by molar-refractivity contribution is -0.172. The Morgan fingerprint density at radius 3 is 2.42 bits per heavy atom. The van der Waals surface area contributed by atoms with Crippen LogP contribution in [-0.2, 0) is 25.5 Å². The summed E-state index contributed by atoms with van der Waals surface area (Å²) in [7, 11) is 0. The smallest absolute Gasteiger partial charge is 0.410 e. The lowest BCUT2D eigenvalue weighted by Crippen LogP contribution is -2.38. The van der Waals surface area contributed by atoms with E-state index in [9.17, 15) is 19.5 Å². The minimum absolute atomic E-state index is 0.0730. The largest absolute Gasteiger partial charge is 0.481 e. The van der Waals surface area contributed by atoms with Crippen LogP contribution < -0.4 is 5.32 Å². The number of rotatable bonds is 8. The number of carboxylic acids is 1. The van der Waals surface area contributed by atoms with Gasteiger partial charge in [-0.05, 0) is 30.4 Å². The highest BCUT2D eigenvalue weighted by molar-refractivity contribution is 7.10. The zero-order valence-corrected chi connectivity index (χ0v) is 15.0. The fourth-order valence-corrected chi connectivity index (χ4v) is 2.89. The monoisotopic (exact) mass is 357 g/mol. The van der Waals surface area contributed by atoms with Crippen LogP contribution in [0, 0.1) is 18.8 Å². The summed E-state index contributed by atoms with van der Waals surface area (Å²) in [6.45, 7) is 6.54. The molecule has 1 heterocycles. The van der Waals surface area contributed by atoms with Crippen molar-refractivity contribution in [2.75, 3.05) is 6.54 Å². The van der Waals surface area contributed by atoms with Crippen molar-refractivity contribution in [2.24, 2.45) is 11.8 Å². The van der Waals surface area contributed by atoms with Crippen molar-refractivity contribution < 1.29 is 29.0 Å². The Morgan fingerprint density at radius 2 is 1.96 bits per heavy atom. The van der Waals surface area contributed by atoms with E-state index >= 15 is 0 Å². The number of hydrogen-bond donors (Lipinski definition) is 2. The molecule has 2 atom stereocenters. The minimum atomic E-state index is -1.01. The summed E-state index contributed by atoms with van der Waals surface area (Å²) in [4.78, 5) is 35.2. The number of carbonyl (C=O) groups excluding carboxylic acids is 2. The zero-order valence-electron chi connectivity index (χ0n) is 14.2. The Labute approximate surface area is 145 Å². The van der Waals surface area contributed by atoms with Gasteiger partial charge >= 0.3 is 18.0 Å². The quantitative estimate of drug-likeness (QED) is 0.548. The Hall–Kier alpha value is -2.09. The SMILES string of the molecule is CC(=O)O[C@@H](OC(=O)NC[C@H](Cc1sccc1C)C(=O)O)C(C)C. The van der Waals surface area contributed by atoms with Crippen molar-refractivity contribution in [3.8, 4) is 0 Å². The minimum Gasteiger partial charge on any atom is -0.481 e. The molecule has 0 fully saturated rings. The topological polar surface area (TPSA) is 102 Å². The maximum Gasteiger partial charge on any atom is 0.410 e. The summed E-state index contributed by atoms with van der Waals surface area (Å²) in [5.41, 5.74) is 1.03. The van der Waals surface area contributed by atoms with E-state index < -0.39 is 30.2 Å². The molecule has 0 aliphatic carbocycles. The number of esters is 1. The number of aryl methyl sites for hydroxylation is 1. The molecule has 0 unspecified atom stereocenters. The van der Waals surface area contributed by atoms with Gasteiger partial charge < -0.3 is 19.9 Å². The first kappa shape index (κ1) is 20.0. The van der Waals surface area contributed by atoms with E-state index in [-0.39, 0.29) is 12.5 Å². The number of carboxylic acid groups (broad SMARTS) is 1. The van der Waals surface area contributed by atoms with E-state index in [0.29, 0.717) is 6.42 Å². The van der Waals surface area contributed by atoms with Gasteiger partial charge in [0.05, 0.1) is 5.92 Å². The van der Waals surface area contributed by atoms with Gasteiger partial charge in [-0.1, -0.05) is 13.8 Å². The first-order chi connectivity index (χ1) is 11.2. The molecular formula is C16H23NO6S. The molecule has 2 N–H and O–H groups in total. The van der Waals surface area contributed by atoms with Gasteiger partial charge in [-0.25, -0.2) is 4.79 Å². The Morgan fingerprint density at radius 1 is 1.29 bits per heavy atom. The fraction of sp³-hybridized carbons (Fsp3) is 0.562.